The zero-order valence-corrected chi connectivity index (χ0v) is 75.6. The van der Waals surface area contributed by atoms with Crippen molar-refractivity contribution in [1.29, 1.82) is 21.0 Å². The molecule has 24 heteroatoms. The summed E-state index contributed by atoms with van der Waals surface area (Å²) in [7, 11) is 9.97. The van der Waals surface area contributed by atoms with E-state index in [1.54, 1.807) is 42.7 Å². The molecule has 0 N–H and O–H groups in total. The van der Waals surface area contributed by atoms with Crippen molar-refractivity contribution in [2.45, 2.75) is 135 Å². The molecular formula is C105H92N22O2. The Hall–Kier alpha value is -17.0. The SMILES string of the molecule is [C-]#[N+]c1cc(C#N)c2c(c1)N(c1c(C)cc(C)c(C)c1C)[C@@H](C)N2C.[C-]#[N+]c1cc(C#N)c2c(c1)N(c1c(C)ccc(C)c1C)[C@@H](C)N2C.[C-]#[N+]c1cc(C#N)c2c(c1)N(c1c(C)ccc3c1oc1ncccc13)[C@@H](C)N2C.[C-]#[N+]c1cc(C#N)c2c(c1)N(c1cc3oc4ncccc4c3cc1C)[C@@H](C)N2C.[C-]#[N+]c1ccc2c(c1[N+]#[C-])N(c1ccccc1C)[C@@H](C)N2C. The van der Waals surface area contributed by atoms with Crippen molar-refractivity contribution in [3.05, 3.63) is 310 Å². The van der Waals surface area contributed by atoms with Gasteiger partial charge in [0.1, 0.15) is 60.7 Å². The van der Waals surface area contributed by atoms with Crippen molar-refractivity contribution < 1.29 is 8.83 Å². The van der Waals surface area contributed by atoms with Crippen LogP contribution in [0.1, 0.15) is 113 Å². The Bertz CT molecular complexity index is 7510. The van der Waals surface area contributed by atoms with E-state index in [-0.39, 0.29) is 30.8 Å². The van der Waals surface area contributed by atoms with Crippen molar-refractivity contribution in [1.82, 2.24) is 9.97 Å². The lowest BCUT2D eigenvalue weighted by Crippen LogP contribution is -2.36. The normalized spacial score (nSPS) is 15.8. The van der Waals surface area contributed by atoms with Crippen LogP contribution in [0.3, 0.4) is 0 Å². The van der Waals surface area contributed by atoms with Gasteiger partial charge in [0.2, 0.25) is 17.1 Å². The number of fused-ring (bicyclic) bond motifs is 11. The highest BCUT2D eigenvalue weighted by Gasteiger charge is 2.42. The van der Waals surface area contributed by atoms with Crippen LogP contribution in [0.4, 0.5) is 119 Å². The Morgan fingerprint density at radius 3 is 1.19 bits per heavy atom. The molecule has 19 rings (SSSR count). The average Bonchev–Trinajstić information content (AvgIpc) is 1.58. The summed E-state index contributed by atoms with van der Waals surface area (Å²) in [5.41, 5.74) is 33.8. The lowest BCUT2D eigenvalue weighted by Gasteiger charge is -2.31. The average molecular weight is 1690 g/mol. The summed E-state index contributed by atoms with van der Waals surface area (Å²) in [6.45, 7) is 76.1. The van der Waals surface area contributed by atoms with Crippen molar-refractivity contribution in [3.8, 4) is 24.3 Å². The van der Waals surface area contributed by atoms with Gasteiger partial charge in [-0.1, -0.05) is 54.6 Å². The number of aromatic nitrogens is 2. The third-order valence-electron chi connectivity index (χ3n) is 26.1. The molecule has 0 radical (unpaired) electrons. The van der Waals surface area contributed by atoms with E-state index >= 15 is 0 Å². The molecule has 0 saturated carbocycles. The molecule has 4 aromatic heterocycles. The molecule has 5 atom stereocenters. The van der Waals surface area contributed by atoms with Gasteiger partial charge in [0.15, 0.2) is 34.0 Å². The predicted molar refractivity (Wildman–Crippen MR) is 518 cm³/mol. The Balaban J connectivity index is 0.000000124. The van der Waals surface area contributed by atoms with E-state index in [4.69, 9.17) is 48.3 Å². The molecule has 9 heterocycles. The molecule has 0 unspecified atom stereocenters. The van der Waals surface area contributed by atoms with Gasteiger partial charge >= 0.3 is 0 Å². The molecule has 14 aromatic rings. The number of pyridine rings is 2. The second kappa shape index (κ2) is 34.3. The minimum Gasteiger partial charge on any atom is -0.438 e. The smallest absolute Gasteiger partial charge is 0.227 e. The maximum absolute atomic E-state index is 9.68. The van der Waals surface area contributed by atoms with Crippen molar-refractivity contribution in [2.75, 3.05) is 84.2 Å². The summed E-state index contributed by atoms with van der Waals surface area (Å²) in [6.07, 6.45) is 3.62. The van der Waals surface area contributed by atoms with Crippen LogP contribution in [0.2, 0.25) is 0 Å². The van der Waals surface area contributed by atoms with Crippen LogP contribution in [0.5, 0.6) is 0 Å². The highest BCUT2D eigenvalue weighted by Crippen LogP contribution is 2.57. The largest absolute Gasteiger partial charge is 0.438 e. The summed E-state index contributed by atoms with van der Waals surface area (Å²) in [4.78, 5) is 51.6. The van der Waals surface area contributed by atoms with E-state index in [2.05, 4.69) is 258 Å². The molecule has 0 fully saturated rings. The second-order valence-electron chi connectivity index (χ2n) is 33.2. The zero-order valence-electron chi connectivity index (χ0n) is 75.6. The van der Waals surface area contributed by atoms with Gasteiger partial charge in [-0.2, -0.15) is 21.0 Å². The molecule has 0 bridgehead atoms. The first-order valence-electron chi connectivity index (χ1n) is 42.0. The first-order chi connectivity index (χ1) is 61.9. The Kier molecular flexibility index (Phi) is 23.1. The topological polar surface area (TPSA) is 206 Å². The fourth-order valence-corrected chi connectivity index (χ4v) is 18.7. The van der Waals surface area contributed by atoms with E-state index in [0.29, 0.717) is 67.8 Å². The minimum atomic E-state index is -0.0523. The molecule has 0 aliphatic carbocycles. The van der Waals surface area contributed by atoms with Gasteiger partial charge in [-0.05, 0) is 250 Å². The molecule has 634 valence electrons. The highest BCUT2D eigenvalue weighted by atomic mass is 16.3. The summed E-state index contributed by atoms with van der Waals surface area (Å²) < 4.78 is 12.2. The number of rotatable bonds is 5. The Morgan fingerprint density at radius 2 is 0.721 bits per heavy atom. The molecule has 5 aliphatic rings. The molecule has 0 amide bonds. The molecule has 10 aromatic carbocycles. The van der Waals surface area contributed by atoms with E-state index in [9.17, 15) is 21.0 Å². The van der Waals surface area contributed by atoms with E-state index in [1.165, 1.54) is 50.3 Å². The van der Waals surface area contributed by atoms with E-state index in [0.717, 1.165) is 123 Å². The first-order valence-corrected chi connectivity index (χ1v) is 42.0. The second-order valence-corrected chi connectivity index (χ2v) is 33.2. The fraction of sp³-hybridized carbons (Fsp3) is 0.238. The maximum atomic E-state index is 9.68. The summed E-state index contributed by atoms with van der Waals surface area (Å²) in [6, 6.07) is 57.6. The fourth-order valence-electron chi connectivity index (χ4n) is 18.7. The number of furan rings is 2. The third kappa shape index (κ3) is 14.4. The van der Waals surface area contributed by atoms with Gasteiger partial charge in [0.05, 0.1) is 119 Å². The maximum Gasteiger partial charge on any atom is 0.227 e. The van der Waals surface area contributed by atoms with Crippen LogP contribution < -0.4 is 49.0 Å². The number of hydrogen-bond acceptors (Lipinski definition) is 18. The summed E-state index contributed by atoms with van der Waals surface area (Å²) >= 11 is 0. The molecule has 0 saturated heterocycles. The van der Waals surface area contributed by atoms with E-state index < -0.39 is 0 Å². The zero-order chi connectivity index (χ0) is 92.5. The quantitative estimate of drug-likeness (QED) is 0.147. The lowest BCUT2D eigenvalue weighted by molar-refractivity contribution is 0.648. The number of para-hydroxylation sites is 1. The monoisotopic (exact) mass is 1690 g/mol. The van der Waals surface area contributed by atoms with Gasteiger partial charge in [0.25, 0.3) is 0 Å². The molecule has 129 heavy (non-hydrogen) atoms. The summed E-state index contributed by atoms with van der Waals surface area (Å²) in [5.74, 6) is 0. The van der Waals surface area contributed by atoms with Crippen LogP contribution in [-0.2, 0) is 0 Å². The highest BCUT2D eigenvalue weighted by molar-refractivity contribution is 6.11. The standard InChI is InChI=1S/2C23H17N5O.C21H22N4.C20H20N4.C18H16N4/c1-13-7-8-17-18-6-5-9-26-23(18)29-22(17)20(13)28-14(2)27(4)21-15(12-24)10-16(25-3)11-19(21)28;1-13-8-18-17-6-5-7-26-23(17)29-21(18)11-19(13)28-14(2)27(4)22-15(12-24)9-16(25-3)10-20(22)28;1-12-8-13(2)20(15(4)14(12)3)25-16(5)24(7)21-17(11-22)9-18(23-6)10-19(21)25;1-12-7-8-13(2)19(14(12)3)24-15(4)23(6)20-16(11-21)9-17(22-5)10-18(20)24;1-12-8-6-7-9-15(12)22-13(2)21(5)16-11-10-14(19-3)17(20-4)18(16)22/h2*5-11,14H,1-2,4H3;8-10,16H,1-5,7H3;7-10,15H,1-4,6H3;6-11,13H,1-2,5H3/t2*14-;16-;15-;13-/m00000/s1. The molecule has 24 nitrogen and oxygen atoms in total. The number of anilines is 15. The van der Waals surface area contributed by atoms with Gasteiger partial charge in [0, 0.05) is 104 Å². The minimum absolute atomic E-state index is 0.0169. The number of aryl methyl sites for hydroxylation is 7. The van der Waals surface area contributed by atoms with Gasteiger partial charge in [-0.3, -0.25) is 4.85 Å². The van der Waals surface area contributed by atoms with Crippen LogP contribution in [0.15, 0.2) is 173 Å². The van der Waals surface area contributed by atoms with Gasteiger partial charge in [-0.15, -0.1) is 0 Å². The Morgan fingerprint density at radius 1 is 0.302 bits per heavy atom. The molecular weight excluding hydrogens is 1600 g/mol. The van der Waals surface area contributed by atoms with Crippen molar-refractivity contribution in [2.24, 2.45) is 0 Å². The van der Waals surface area contributed by atoms with Crippen LogP contribution in [0.25, 0.3) is 73.2 Å². The van der Waals surface area contributed by atoms with Crippen LogP contribution in [0, 0.1) is 154 Å². The van der Waals surface area contributed by atoms with Crippen molar-refractivity contribution in [3.63, 3.8) is 0 Å². The third-order valence-corrected chi connectivity index (χ3v) is 26.1. The van der Waals surface area contributed by atoms with Crippen molar-refractivity contribution >= 4 is 164 Å². The predicted octanol–water partition coefficient (Wildman–Crippen LogP) is 26.6. The lowest BCUT2D eigenvalue weighted by atomic mass is 9.97. The van der Waals surface area contributed by atoms with E-state index in [1.807, 2.05) is 115 Å². The Labute approximate surface area is 752 Å². The number of hydrogen-bond donors (Lipinski definition) is 0. The van der Waals surface area contributed by atoms with Gasteiger partial charge in [-0.25, -0.2) is 34.2 Å². The number of benzene rings is 10. The number of nitriles is 4. The molecule has 0 spiro atoms. The van der Waals surface area contributed by atoms with Crippen LogP contribution in [-0.4, -0.2) is 76.0 Å². The van der Waals surface area contributed by atoms with Gasteiger partial charge < -0.3 is 57.8 Å². The molecule has 5 aliphatic heterocycles. The first kappa shape index (κ1) is 86.9. The number of nitrogens with zero attached hydrogens (tertiary/aromatic N) is 22. The summed E-state index contributed by atoms with van der Waals surface area (Å²) in [5, 5.41) is 42.4. The van der Waals surface area contributed by atoms with Crippen LogP contribution >= 0.6 is 0 Å².